The van der Waals surface area contributed by atoms with Crippen molar-refractivity contribution in [2.75, 3.05) is 13.2 Å². The van der Waals surface area contributed by atoms with Gasteiger partial charge >= 0.3 is 0 Å². The predicted molar refractivity (Wildman–Crippen MR) is 61.8 cm³/mol. The molecule has 0 spiro atoms. The average molecular weight is 215 g/mol. The van der Waals surface area contributed by atoms with Crippen LogP contribution >= 0.6 is 0 Å². The van der Waals surface area contributed by atoms with Gasteiger partial charge in [-0.05, 0) is 19.8 Å². The molecule has 0 aromatic rings. The summed E-state index contributed by atoms with van der Waals surface area (Å²) in [6.07, 6.45) is 9.06. The third-order valence-corrected chi connectivity index (χ3v) is 3.22. The van der Waals surface area contributed by atoms with Crippen LogP contribution in [-0.2, 0) is 0 Å². The Labute approximate surface area is 92.9 Å². The first-order valence-electron chi connectivity index (χ1n) is 6.21. The predicted octanol–water partition coefficient (Wildman–Crippen LogP) is 1.43. The standard InChI is InChI=1S/C12H25NO2/c1-12(15,10-14)9-13-11-7-5-3-2-4-6-8-11/h11,13-15H,2-10H2,1H3. The van der Waals surface area contributed by atoms with Crippen molar-refractivity contribution in [1.29, 1.82) is 0 Å². The summed E-state index contributed by atoms with van der Waals surface area (Å²) in [4.78, 5) is 0. The van der Waals surface area contributed by atoms with E-state index in [0.717, 1.165) is 0 Å². The number of hydrogen-bond acceptors (Lipinski definition) is 3. The molecule has 0 bridgehead atoms. The van der Waals surface area contributed by atoms with Crippen molar-refractivity contribution in [2.45, 2.75) is 63.5 Å². The van der Waals surface area contributed by atoms with Gasteiger partial charge in [-0.3, -0.25) is 0 Å². The molecular weight excluding hydrogens is 190 g/mol. The SMILES string of the molecule is CC(O)(CO)CNC1CCCCCCC1. The molecule has 3 nitrogen and oxygen atoms in total. The van der Waals surface area contributed by atoms with Gasteiger partial charge in [0.25, 0.3) is 0 Å². The van der Waals surface area contributed by atoms with E-state index in [1.54, 1.807) is 6.92 Å². The molecule has 1 unspecified atom stereocenters. The molecule has 0 radical (unpaired) electrons. The molecular formula is C12H25NO2. The van der Waals surface area contributed by atoms with Crippen LogP contribution in [0, 0.1) is 0 Å². The molecule has 1 fully saturated rings. The summed E-state index contributed by atoms with van der Waals surface area (Å²) in [6, 6.07) is 0.531. The Morgan fingerprint density at radius 3 is 2.20 bits per heavy atom. The highest BCUT2D eigenvalue weighted by atomic mass is 16.3. The third kappa shape index (κ3) is 5.50. The molecule has 3 heteroatoms. The maximum atomic E-state index is 9.67. The molecule has 0 saturated heterocycles. The number of nitrogens with one attached hydrogen (secondary N) is 1. The fourth-order valence-corrected chi connectivity index (χ4v) is 2.08. The molecule has 0 aromatic carbocycles. The van der Waals surface area contributed by atoms with E-state index in [2.05, 4.69) is 5.32 Å². The van der Waals surface area contributed by atoms with Crippen LogP contribution in [0.5, 0.6) is 0 Å². The van der Waals surface area contributed by atoms with Crippen molar-refractivity contribution in [3.05, 3.63) is 0 Å². The molecule has 90 valence electrons. The van der Waals surface area contributed by atoms with Crippen LogP contribution in [0.2, 0.25) is 0 Å². The van der Waals surface area contributed by atoms with Crippen LogP contribution in [0.3, 0.4) is 0 Å². The highest BCUT2D eigenvalue weighted by Gasteiger charge is 2.20. The quantitative estimate of drug-likeness (QED) is 0.665. The summed E-state index contributed by atoms with van der Waals surface area (Å²) in [7, 11) is 0. The van der Waals surface area contributed by atoms with E-state index < -0.39 is 5.60 Å². The van der Waals surface area contributed by atoms with Gasteiger partial charge in [0.05, 0.1) is 12.2 Å². The monoisotopic (exact) mass is 215 g/mol. The van der Waals surface area contributed by atoms with Crippen molar-refractivity contribution in [1.82, 2.24) is 5.32 Å². The minimum atomic E-state index is -0.970. The summed E-state index contributed by atoms with van der Waals surface area (Å²) in [6.45, 7) is 1.99. The summed E-state index contributed by atoms with van der Waals surface area (Å²) in [5.74, 6) is 0. The maximum Gasteiger partial charge on any atom is 0.0972 e. The van der Waals surface area contributed by atoms with E-state index in [4.69, 9.17) is 5.11 Å². The van der Waals surface area contributed by atoms with Gasteiger partial charge < -0.3 is 15.5 Å². The molecule has 0 aromatic heterocycles. The van der Waals surface area contributed by atoms with E-state index in [0.29, 0.717) is 12.6 Å². The second-order valence-corrected chi connectivity index (χ2v) is 5.08. The minimum Gasteiger partial charge on any atom is -0.393 e. The molecule has 0 amide bonds. The molecule has 1 atom stereocenters. The van der Waals surface area contributed by atoms with E-state index in [1.165, 1.54) is 44.9 Å². The normalized spacial score (nSPS) is 24.2. The van der Waals surface area contributed by atoms with E-state index in [1.807, 2.05) is 0 Å². The first kappa shape index (κ1) is 12.9. The highest BCUT2D eigenvalue weighted by molar-refractivity contribution is 4.78. The van der Waals surface area contributed by atoms with E-state index in [9.17, 15) is 5.11 Å². The summed E-state index contributed by atoms with van der Waals surface area (Å²) < 4.78 is 0. The first-order valence-corrected chi connectivity index (χ1v) is 6.21. The number of aliphatic hydroxyl groups excluding tert-OH is 1. The minimum absolute atomic E-state index is 0.174. The highest BCUT2D eigenvalue weighted by Crippen LogP contribution is 2.17. The summed E-state index contributed by atoms with van der Waals surface area (Å²) in [5.41, 5.74) is -0.970. The van der Waals surface area contributed by atoms with Crippen molar-refractivity contribution >= 4 is 0 Å². The molecule has 0 aliphatic heterocycles. The van der Waals surface area contributed by atoms with Gasteiger partial charge in [0.15, 0.2) is 0 Å². The Morgan fingerprint density at radius 2 is 1.67 bits per heavy atom. The van der Waals surface area contributed by atoms with Crippen molar-refractivity contribution in [2.24, 2.45) is 0 Å². The summed E-state index contributed by atoms with van der Waals surface area (Å²) >= 11 is 0. The van der Waals surface area contributed by atoms with E-state index in [-0.39, 0.29) is 6.61 Å². The lowest BCUT2D eigenvalue weighted by atomic mass is 9.96. The lowest BCUT2D eigenvalue weighted by molar-refractivity contribution is 0.000166. The van der Waals surface area contributed by atoms with Crippen molar-refractivity contribution < 1.29 is 10.2 Å². The molecule has 3 N–H and O–H groups in total. The molecule has 15 heavy (non-hydrogen) atoms. The Kier molecular flexibility index (Phi) is 5.58. The van der Waals surface area contributed by atoms with Crippen LogP contribution in [0.25, 0.3) is 0 Å². The molecule has 0 heterocycles. The molecule has 1 aliphatic carbocycles. The lowest BCUT2D eigenvalue weighted by Gasteiger charge is -2.26. The van der Waals surface area contributed by atoms with Crippen molar-refractivity contribution in [3.63, 3.8) is 0 Å². The largest absolute Gasteiger partial charge is 0.393 e. The second-order valence-electron chi connectivity index (χ2n) is 5.08. The van der Waals surface area contributed by atoms with Gasteiger partial charge in [-0.2, -0.15) is 0 Å². The topological polar surface area (TPSA) is 52.5 Å². The smallest absolute Gasteiger partial charge is 0.0972 e. The number of aliphatic hydroxyl groups is 2. The van der Waals surface area contributed by atoms with Crippen molar-refractivity contribution in [3.8, 4) is 0 Å². The Morgan fingerprint density at radius 1 is 1.13 bits per heavy atom. The van der Waals surface area contributed by atoms with Gasteiger partial charge in [-0.25, -0.2) is 0 Å². The van der Waals surface area contributed by atoms with Crippen LogP contribution < -0.4 is 5.32 Å². The molecule has 1 rings (SSSR count). The third-order valence-electron chi connectivity index (χ3n) is 3.22. The Hall–Kier alpha value is -0.120. The zero-order valence-electron chi connectivity index (χ0n) is 9.84. The van der Waals surface area contributed by atoms with Crippen LogP contribution in [0.1, 0.15) is 51.9 Å². The maximum absolute atomic E-state index is 9.67. The van der Waals surface area contributed by atoms with Gasteiger partial charge in [-0.1, -0.05) is 32.1 Å². The zero-order chi connectivity index (χ0) is 11.1. The van der Waals surface area contributed by atoms with Gasteiger partial charge in [0, 0.05) is 12.6 Å². The van der Waals surface area contributed by atoms with Gasteiger partial charge in [0.1, 0.15) is 0 Å². The average Bonchev–Trinajstić information content (AvgIpc) is 2.16. The van der Waals surface area contributed by atoms with Crippen LogP contribution in [0.15, 0.2) is 0 Å². The Bertz CT molecular complexity index is 163. The second kappa shape index (κ2) is 6.46. The van der Waals surface area contributed by atoms with Gasteiger partial charge in [-0.15, -0.1) is 0 Å². The van der Waals surface area contributed by atoms with E-state index >= 15 is 0 Å². The fourth-order valence-electron chi connectivity index (χ4n) is 2.08. The fraction of sp³-hybridized carbons (Fsp3) is 1.00. The van der Waals surface area contributed by atoms with Crippen LogP contribution in [0.4, 0.5) is 0 Å². The Balaban J connectivity index is 2.23. The van der Waals surface area contributed by atoms with Crippen LogP contribution in [-0.4, -0.2) is 35.0 Å². The molecule has 1 saturated carbocycles. The number of hydrogen-bond donors (Lipinski definition) is 3. The summed E-state index contributed by atoms with van der Waals surface area (Å²) in [5, 5.41) is 22.0. The van der Waals surface area contributed by atoms with Gasteiger partial charge in [0.2, 0.25) is 0 Å². The lowest BCUT2D eigenvalue weighted by Crippen LogP contribution is -2.45. The first-order chi connectivity index (χ1) is 7.14. The molecule has 1 aliphatic rings. The zero-order valence-corrected chi connectivity index (χ0v) is 9.84. The number of rotatable bonds is 4.